The summed E-state index contributed by atoms with van der Waals surface area (Å²) in [4.78, 5) is 41.6. The van der Waals surface area contributed by atoms with E-state index in [4.69, 9.17) is 0 Å². The summed E-state index contributed by atoms with van der Waals surface area (Å²) < 4.78 is 0. The van der Waals surface area contributed by atoms with Gasteiger partial charge in [0, 0.05) is 24.2 Å². The summed E-state index contributed by atoms with van der Waals surface area (Å²) in [6, 6.07) is 8.61. The molecule has 6 nitrogen and oxygen atoms in total. The molecular formula is C22H28N2O4. The van der Waals surface area contributed by atoms with Crippen molar-refractivity contribution in [3.63, 3.8) is 0 Å². The average molecular weight is 384 g/mol. The Balaban J connectivity index is 1.61. The van der Waals surface area contributed by atoms with E-state index in [0.717, 1.165) is 38.5 Å². The van der Waals surface area contributed by atoms with Gasteiger partial charge in [0.1, 0.15) is 6.04 Å². The van der Waals surface area contributed by atoms with Crippen LogP contribution in [0.3, 0.4) is 0 Å². The maximum Gasteiger partial charge on any atom is 0.305 e. The van der Waals surface area contributed by atoms with E-state index in [-0.39, 0.29) is 30.3 Å². The van der Waals surface area contributed by atoms with Gasteiger partial charge in [-0.1, -0.05) is 31.0 Å². The molecule has 3 fully saturated rings. The zero-order valence-electron chi connectivity index (χ0n) is 16.1. The normalized spacial score (nSPS) is 29.6. The molecule has 6 heteroatoms. The van der Waals surface area contributed by atoms with Crippen LogP contribution in [0.15, 0.2) is 30.3 Å². The second-order valence-corrected chi connectivity index (χ2v) is 8.37. The molecule has 1 aromatic carbocycles. The Labute approximate surface area is 165 Å². The first-order chi connectivity index (χ1) is 13.6. The van der Waals surface area contributed by atoms with Gasteiger partial charge < -0.3 is 14.9 Å². The Morgan fingerprint density at radius 2 is 1.75 bits per heavy atom. The summed E-state index contributed by atoms with van der Waals surface area (Å²) in [6.07, 6.45) is 6.50. The fourth-order valence-electron chi connectivity index (χ4n) is 5.43. The number of amides is 2. The van der Waals surface area contributed by atoms with Gasteiger partial charge in [-0.25, -0.2) is 0 Å². The molecule has 4 rings (SSSR count). The van der Waals surface area contributed by atoms with Crippen molar-refractivity contribution in [1.82, 2.24) is 9.80 Å². The van der Waals surface area contributed by atoms with E-state index in [1.165, 1.54) is 0 Å². The summed E-state index contributed by atoms with van der Waals surface area (Å²) in [5.74, 6) is -0.623. The fourth-order valence-corrected chi connectivity index (χ4v) is 5.43. The van der Waals surface area contributed by atoms with E-state index in [1.54, 1.807) is 4.90 Å². The molecule has 1 aromatic rings. The Morgan fingerprint density at radius 3 is 2.50 bits per heavy atom. The van der Waals surface area contributed by atoms with Crippen LogP contribution >= 0.6 is 0 Å². The van der Waals surface area contributed by atoms with Crippen LogP contribution in [0.1, 0.15) is 61.7 Å². The lowest BCUT2D eigenvalue weighted by atomic mass is 9.84. The highest BCUT2D eigenvalue weighted by Crippen LogP contribution is 2.41. The molecule has 28 heavy (non-hydrogen) atoms. The quantitative estimate of drug-likeness (QED) is 0.866. The summed E-state index contributed by atoms with van der Waals surface area (Å²) in [5.41, 5.74) is 0.620. The number of hydrogen-bond donors (Lipinski definition) is 1. The summed E-state index contributed by atoms with van der Waals surface area (Å²) in [7, 11) is 0. The standard InChI is InChI=1S/C22H28N2O4/c25-20(26)14-17-10-6-12-23(17)22(28)19-13-16-9-4-5-11-18(16)24(19)21(27)15-7-2-1-3-8-15/h1-3,7-8,16-19H,4-6,9-14H2,(H,25,26). The summed E-state index contributed by atoms with van der Waals surface area (Å²) >= 11 is 0. The molecular weight excluding hydrogens is 356 g/mol. The number of benzene rings is 1. The Bertz CT molecular complexity index is 750. The van der Waals surface area contributed by atoms with Crippen LogP contribution in [0.25, 0.3) is 0 Å². The van der Waals surface area contributed by atoms with Crippen molar-refractivity contribution in [2.24, 2.45) is 5.92 Å². The van der Waals surface area contributed by atoms with E-state index < -0.39 is 12.0 Å². The smallest absolute Gasteiger partial charge is 0.305 e. The van der Waals surface area contributed by atoms with Crippen LogP contribution in [-0.4, -0.2) is 57.4 Å². The Hall–Kier alpha value is -2.37. The zero-order chi connectivity index (χ0) is 19.7. The summed E-state index contributed by atoms with van der Waals surface area (Å²) in [6.45, 7) is 0.593. The van der Waals surface area contributed by atoms with Crippen molar-refractivity contribution in [2.45, 2.75) is 69.5 Å². The van der Waals surface area contributed by atoms with Crippen LogP contribution in [0, 0.1) is 5.92 Å². The molecule has 2 heterocycles. The molecule has 0 aromatic heterocycles. The third-order valence-corrected chi connectivity index (χ3v) is 6.70. The number of aliphatic carboxylic acids is 1. The highest BCUT2D eigenvalue weighted by molar-refractivity contribution is 5.98. The topological polar surface area (TPSA) is 77.9 Å². The van der Waals surface area contributed by atoms with Gasteiger partial charge in [0.15, 0.2) is 0 Å². The van der Waals surface area contributed by atoms with Gasteiger partial charge in [0.25, 0.3) is 5.91 Å². The first-order valence-corrected chi connectivity index (χ1v) is 10.5. The SMILES string of the molecule is O=C(O)CC1CCCN1C(=O)C1CC2CCCCC2N1C(=O)c1ccccc1. The van der Waals surface area contributed by atoms with E-state index in [0.29, 0.717) is 24.4 Å². The minimum atomic E-state index is -0.873. The number of fused-ring (bicyclic) bond motifs is 1. The van der Waals surface area contributed by atoms with Crippen LogP contribution in [0.2, 0.25) is 0 Å². The molecule has 1 saturated carbocycles. The molecule has 1 N–H and O–H groups in total. The number of carbonyl (C=O) groups excluding carboxylic acids is 2. The lowest BCUT2D eigenvalue weighted by Crippen LogP contribution is -2.52. The van der Waals surface area contributed by atoms with Crippen molar-refractivity contribution in [3.05, 3.63) is 35.9 Å². The van der Waals surface area contributed by atoms with Gasteiger partial charge in [-0.2, -0.15) is 0 Å². The minimum absolute atomic E-state index is 0.0159. The third-order valence-electron chi connectivity index (χ3n) is 6.70. The van der Waals surface area contributed by atoms with Gasteiger partial charge >= 0.3 is 5.97 Å². The van der Waals surface area contributed by atoms with Crippen molar-refractivity contribution in [1.29, 1.82) is 0 Å². The van der Waals surface area contributed by atoms with Crippen LogP contribution in [0.5, 0.6) is 0 Å². The number of carboxylic acid groups (broad SMARTS) is 1. The predicted octanol–water partition coefficient (Wildman–Crippen LogP) is 2.93. The Morgan fingerprint density at radius 1 is 1.00 bits per heavy atom. The van der Waals surface area contributed by atoms with Crippen LogP contribution in [0.4, 0.5) is 0 Å². The average Bonchev–Trinajstić information content (AvgIpc) is 3.31. The predicted molar refractivity (Wildman–Crippen MR) is 104 cm³/mol. The fraction of sp³-hybridized carbons (Fsp3) is 0.591. The van der Waals surface area contributed by atoms with Gasteiger partial charge in [0.2, 0.25) is 5.91 Å². The first kappa shape index (κ1) is 19.0. The third kappa shape index (κ3) is 3.52. The molecule has 0 spiro atoms. The highest BCUT2D eigenvalue weighted by Gasteiger charge is 2.49. The molecule has 4 unspecified atom stereocenters. The van der Waals surface area contributed by atoms with Crippen molar-refractivity contribution >= 4 is 17.8 Å². The van der Waals surface area contributed by atoms with Gasteiger partial charge in [-0.05, 0) is 50.2 Å². The number of carbonyl (C=O) groups is 3. The van der Waals surface area contributed by atoms with E-state index >= 15 is 0 Å². The van der Waals surface area contributed by atoms with Gasteiger partial charge in [-0.15, -0.1) is 0 Å². The van der Waals surface area contributed by atoms with Crippen molar-refractivity contribution in [3.8, 4) is 0 Å². The first-order valence-electron chi connectivity index (χ1n) is 10.5. The molecule has 4 atom stereocenters. The van der Waals surface area contributed by atoms with Crippen LogP contribution in [-0.2, 0) is 9.59 Å². The number of nitrogens with zero attached hydrogens (tertiary/aromatic N) is 2. The number of hydrogen-bond acceptors (Lipinski definition) is 3. The molecule has 150 valence electrons. The summed E-state index contributed by atoms with van der Waals surface area (Å²) in [5, 5.41) is 9.19. The minimum Gasteiger partial charge on any atom is -0.481 e. The largest absolute Gasteiger partial charge is 0.481 e. The maximum atomic E-state index is 13.5. The van der Waals surface area contributed by atoms with Crippen molar-refractivity contribution in [2.75, 3.05) is 6.54 Å². The highest BCUT2D eigenvalue weighted by atomic mass is 16.4. The van der Waals surface area contributed by atoms with Crippen molar-refractivity contribution < 1.29 is 19.5 Å². The van der Waals surface area contributed by atoms with E-state index in [1.807, 2.05) is 35.2 Å². The van der Waals surface area contributed by atoms with Gasteiger partial charge in [-0.3, -0.25) is 14.4 Å². The monoisotopic (exact) mass is 384 g/mol. The molecule has 2 amide bonds. The number of likely N-dealkylation sites (tertiary alicyclic amines) is 2. The zero-order valence-corrected chi connectivity index (χ0v) is 16.1. The van der Waals surface area contributed by atoms with E-state index in [9.17, 15) is 19.5 Å². The molecule has 2 saturated heterocycles. The number of carboxylic acids is 1. The van der Waals surface area contributed by atoms with Gasteiger partial charge in [0.05, 0.1) is 6.42 Å². The van der Waals surface area contributed by atoms with Crippen LogP contribution < -0.4 is 0 Å². The molecule has 1 aliphatic carbocycles. The number of rotatable bonds is 4. The van der Waals surface area contributed by atoms with E-state index in [2.05, 4.69) is 0 Å². The molecule has 0 bridgehead atoms. The second kappa shape index (κ2) is 7.94. The molecule has 2 aliphatic heterocycles. The maximum absolute atomic E-state index is 13.5. The lowest BCUT2D eigenvalue weighted by Gasteiger charge is -2.35. The molecule has 3 aliphatic rings. The molecule has 0 radical (unpaired) electrons. The Kier molecular flexibility index (Phi) is 5.38. The lowest BCUT2D eigenvalue weighted by molar-refractivity contribution is -0.141. The second-order valence-electron chi connectivity index (χ2n) is 8.37.